The number of anilines is 1. The summed E-state index contributed by atoms with van der Waals surface area (Å²) in [6.07, 6.45) is 3.41. The van der Waals surface area contributed by atoms with Crippen LogP contribution in [0.2, 0.25) is 0 Å². The van der Waals surface area contributed by atoms with Crippen LogP contribution in [0.3, 0.4) is 0 Å². The molecule has 2 heterocycles. The lowest BCUT2D eigenvalue weighted by molar-refractivity contribution is -0.116. The van der Waals surface area contributed by atoms with Crippen molar-refractivity contribution in [2.75, 3.05) is 18.5 Å². The predicted octanol–water partition coefficient (Wildman–Crippen LogP) is 3.91. The first-order valence-electron chi connectivity index (χ1n) is 9.69. The van der Waals surface area contributed by atoms with Crippen molar-refractivity contribution in [3.8, 4) is 11.1 Å². The minimum atomic E-state index is -0.0736. The highest BCUT2D eigenvalue weighted by Crippen LogP contribution is 2.32. The van der Waals surface area contributed by atoms with Gasteiger partial charge in [-0.1, -0.05) is 23.4 Å². The van der Waals surface area contributed by atoms with Gasteiger partial charge in [0, 0.05) is 37.8 Å². The van der Waals surface area contributed by atoms with Gasteiger partial charge in [-0.2, -0.15) is 0 Å². The Bertz CT molecular complexity index is 1040. The summed E-state index contributed by atoms with van der Waals surface area (Å²) >= 11 is 0. The van der Waals surface area contributed by atoms with Crippen LogP contribution in [0.4, 0.5) is 5.69 Å². The smallest absolute Gasteiger partial charge is 0.253 e. The summed E-state index contributed by atoms with van der Waals surface area (Å²) in [5, 5.41) is 3.86. The zero-order chi connectivity index (χ0) is 20.4. The Balaban J connectivity index is 1.59. The van der Waals surface area contributed by atoms with E-state index < -0.39 is 0 Å². The molecule has 6 heteroatoms. The van der Waals surface area contributed by atoms with Crippen molar-refractivity contribution in [2.24, 2.45) is 0 Å². The van der Waals surface area contributed by atoms with E-state index in [9.17, 15) is 9.59 Å². The van der Waals surface area contributed by atoms with Gasteiger partial charge in [-0.25, -0.2) is 0 Å². The number of carbonyl (C=O) groups is 2. The third kappa shape index (κ3) is 3.92. The van der Waals surface area contributed by atoms with Gasteiger partial charge in [0.1, 0.15) is 12.0 Å². The van der Waals surface area contributed by atoms with E-state index in [-0.39, 0.29) is 11.8 Å². The van der Waals surface area contributed by atoms with E-state index in [0.29, 0.717) is 17.8 Å². The highest BCUT2D eigenvalue weighted by atomic mass is 16.5. The van der Waals surface area contributed by atoms with Crippen molar-refractivity contribution in [1.29, 1.82) is 0 Å². The van der Waals surface area contributed by atoms with Crippen LogP contribution in [0.5, 0.6) is 0 Å². The largest absolute Gasteiger partial charge is 0.364 e. The number of aromatic nitrogens is 1. The average Bonchev–Trinajstić information content (AvgIpc) is 3.25. The molecule has 0 unspecified atom stereocenters. The quantitative estimate of drug-likeness (QED) is 0.678. The van der Waals surface area contributed by atoms with Crippen molar-refractivity contribution >= 4 is 17.5 Å². The van der Waals surface area contributed by atoms with Crippen LogP contribution in [0.1, 0.15) is 35.0 Å². The summed E-state index contributed by atoms with van der Waals surface area (Å²) < 4.78 is 4.83. The first-order chi connectivity index (χ1) is 14.0. The number of nitrogens with zero attached hydrogens (tertiary/aromatic N) is 3. The monoisotopic (exact) mass is 389 g/mol. The van der Waals surface area contributed by atoms with Gasteiger partial charge in [0.05, 0.1) is 6.54 Å². The average molecular weight is 389 g/mol. The highest BCUT2D eigenvalue weighted by molar-refractivity contribution is 5.96. The molecular weight excluding hydrogens is 366 g/mol. The van der Waals surface area contributed by atoms with Crippen LogP contribution in [0.25, 0.3) is 11.1 Å². The lowest BCUT2D eigenvalue weighted by Crippen LogP contribution is -2.33. The Morgan fingerprint density at radius 3 is 2.72 bits per heavy atom. The normalized spacial score (nSPS) is 13.1. The van der Waals surface area contributed by atoms with Gasteiger partial charge < -0.3 is 14.3 Å². The molecule has 4 rings (SSSR count). The van der Waals surface area contributed by atoms with E-state index in [2.05, 4.69) is 11.2 Å². The van der Waals surface area contributed by atoms with Crippen LogP contribution in [-0.2, 0) is 17.8 Å². The molecule has 0 saturated heterocycles. The number of rotatable bonds is 4. The molecule has 2 aromatic carbocycles. The SMILES string of the molecule is CC(=O)N1CCCc2cc(-c3cccc(C(=O)N(C)Cc4ccon4)c3)ccc21. The zero-order valence-electron chi connectivity index (χ0n) is 16.6. The van der Waals surface area contributed by atoms with Crippen LogP contribution < -0.4 is 4.90 Å². The van der Waals surface area contributed by atoms with Crippen LogP contribution in [0, 0.1) is 0 Å². The van der Waals surface area contributed by atoms with E-state index in [4.69, 9.17) is 4.52 Å². The lowest BCUT2D eigenvalue weighted by Gasteiger charge is -2.29. The van der Waals surface area contributed by atoms with Crippen molar-refractivity contribution in [1.82, 2.24) is 10.1 Å². The van der Waals surface area contributed by atoms with Crippen LogP contribution in [0.15, 0.2) is 59.3 Å². The second-order valence-corrected chi connectivity index (χ2v) is 7.35. The third-order valence-electron chi connectivity index (χ3n) is 5.26. The number of benzene rings is 2. The lowest BCUT2D eigenvalue weighted by atomic mass is 9.95. The van der Waals surface area contributed by atoms with Gasteiger partial charge in [0.2, 0.25) is 5.91 Å². The molecule has 0 radical (unpaired) electrons. The first-order valence-corrected chi connectivity index (χ1v) is 9.69. The third-order valence-corrected chi connectivity index (χ3v) is 5.26. The number of amides is 2. The summed E-state index contributed by atoms with van der Waals surface area (Å²) in [5.41, 5.74) is 5.52. The standard InChI is InChI=1S/C23H23N3O3/c1-16(27)26-11-4-7-19-13-18(8-9-22(19)26)17-5-3-6-20(14-17)23(28)25(2)15-21-10-12-29-24-21/h3,5-6,8-10,12-14H,4,7,11,15H2,1-2H3. The molecule has 3 aromatic rings. The van der Waals surface area contributed by atoms with Crippen molar-refractivity contribution < 1.29 is 14.1 Å². The maximum atomic E-state index is 12.8. The zero-order valence-corrected chi connectivity index (χ0v) is 16.6. The maximum Gasteiger partial charge on any atom is 0.253 e. The Hall–Kier alpha value is -3.41. The molecule has 29 heavy (non-hydrogen) atoms. The summed E-state index contributed by atoms with van der Waals surface area (Å²) in [5.74, 6) is -0.00277. The van der Waals surface area contributed by atoms with Crippen molar-refractivity contribution in [2.45, 2.75) is 26.3 Å². The van der Waals surface area contributed by atoms with Crippen molar-refractivity contribution in [3.63, 3.8) is 0 Å². The summed E-state index contributed by atoms with van der Waals surface area (Å²) in [6.45, 7) is 2.76. The van der Waals surface area contributed by atoms with E-state index >= 15 is 0 Å². The number of hydrogen-bond donors (Lipinski definition) is 0. The molecule has 0 fully saturated rings. The first kappa shape index (κ1) is 18.9. The molecule has 1 aliphatic rings. The summed E-state index contributed by atoms with van der Waals surface area (Å²) in [4.78, 5) is 28.2. The van der Waals surface area contributed by atoms with Crippen LogP contribution in [-0.4, -0.2) is 35.5 Å². The summed E-state index contributed by atoms with van der Waals surface area (Å²) in [7, 11) is 1.75. The minimum Gasteiger partial charge on any atom is -0.364 e. The fourth-order valence-electron chi connectivity index (χ4n) is 3.79. The second kappa shape index (κ2) is 7.91. The van der Waals surface area contributed by atoms with Gasteiger partial charge in [-0.3, -0.25) is 9.59 Å². The van der Waals surface area contributed by atoms with Gasteiger partial charge in [-0.15, -0.1) is 0 Å². The molecule has 0 N–H and O–H groups in total. The van der Waals surface area contributed by atoms with E-state index in [1.54, 1.807) is 24.9 Å². The molecular formula is C23H23N3O3. The Kier molecular flexibility index (Phi) is 5.16. The number of fused-ring (bicyclic) bond motifs is 1. The molecule has 1 aromatic heterocycles. The molecule has 0 bridgehead atoms. The van der Waals surface area contributed by atoms with Gasteiger partial charge in [0.25, 0.3) is 5.91 Å². The number of carbonyl (C=O) groups excluding carboxylic acids is 2. The van der Waals surface area contributed by atoms with E-state index in [0.717, 1.165) is 36.2 Å². The van der Waals surface area contributed by atoms with Gasteiger partial charge in [0.15, 0.2) is 0 Å². The van der Waals surface area contributed by atoms with Gasteiger partial charge >= 0.3 is 0 Å². The summed E-state index contributed by atoms with van der Waals surface area (Å²) in [6, 6.07) is 15.5. The molecule has 6 nitrogen and oxygen atoms in total. The van der Waals surface area contributed by atoms with Crippen molar-refractivity contribution in [3.05, 3.63) is 71.6 Å². The van der Waals surface area contributed by atoms with E-state index in [1.807, 2.05) is 41.3 Å². The second-order valence-electron chi connectivity index (χ2n) is 7.35. The molecule has 2 amide bonds. The Morgan fingerprint density at radius 2 is 1.97 bits per heavy atom. The van der Waals surface area contributed by atoms with Crippen LogP contribution >= 0.6 is 0 Å². The number of aryl methyl sites for hydroxylation is 1. The Labute approximate surface area is 169 Å². The fraction of sp³-hybridized carbons (Fsp3) is 0.261. The molecule has 148 valence electrons. The van der Waals surface area contributed by atoms with E-state index in [1.165, 1.54) is 11.8 Å². The molecule has 1 aliphatic heterocycles. The van der Waals surface area contributed by atoms with Gasteiger partial charge in [-0.05, 0) is 53.8 Å². The Morgan fingerprint density at radius 1 is 1.14 bits per heavy atom. The molecule has 0 spiro atoms. The highest BCUT2D eigenvalue weighted by Gasteiger charge is 2.20. The maximum absolute atomic E-state index is 12.8. The number of hydrogen-bond acceptors (Lipinski definition) is 4. The molecule has 0 atom stereocenters. The predicted molar refractivity (Wildman–Crippen MR) is 111 cm³/mol. The molecule has 0 saturated carbocycles. The topological polar surface area (TPSA) is 66.7 Å². The minimum absolute atomic E-state index is 0.0708. The molecule has 0 aliphatic carbocycles. The fourth-order valence-corrected chi connectivity index (χ4v) is 3.79.